The molecule has 4 aromatic rings. The van der Waals surface area contributed by atoms with Crippen molar-refractivity contribution >= 4 is 53.2 Å². The molecule has 0 unspecified atom stereocenters. The molecule has 6 rings (SSSR count). The minimum absolute atomic E-state index is 0.132. The van der Waals surface area contributed by atoms with Crippen molar-refractivity contribution in [3.63, 3.8) is 0 Å². The Bertz CT molecular complexity index is 1780. The summed E-state index contributed by atoms with van der Waals surface area (Å²) in [5.41, 5.74) is 3.51. The highest BCUT2D eigenvalue weighted by Gasteiger charge is 2.31. The lowest BCUT2D eigenvalue weighted by Crippen LogP contribution is -2.52. The largest absolute Gasteiger partial charge is 0.491 e. The van der Waals surface area contributed by atoms with Gasteiger partial charge in [0.1, 0.15) is 11.5 Å². The molecule has 5 heterocycles. The summed E-state index contributed by atoms with van der Waals surface area (Å²) in [5, 5.41) is 7.49. The maximum absolute atomic E-state index is 13.4. The van der Waals surface area contributed by atoms with Crippen molar-refractivity contribution in [3.05, 3.63) is 42.4 Å². The smallest absolute Gasteiger partial charge is 0.422 e. The first-order valence-corrected chi connectivity index (χ1v) is 19.0. The molecule has 0 atom stereocenters. The van der Waals surface area contributed by atoms with Crippen LogP contribution in [0.1, 0.15) is 25.3 Å². The van der Waals surface area contributed by atoms with E-state index in [9.17, 15) is 13.2 Å². The first-order valence-electron chi connectivity index (χ1n) is 16.8. The average molecular weight is 713 g/mol. The van der Waals surface area contributed by atoms with Crippen molar-refractivity contribution < 1.29 is 22.6 Å². The average Bonchev–Trinajstić information content (AvgIpc) is 3.11. The summed E-state index contributed by atoms with van der Waals surface area (Å²) in [4.78, 5) is 29.9. The van der Waals surface area contributed by atoms with Crippen LogP contribution < -0.4 is 30.3 Å². The van der Waals surface area contributed by atoms with Crippen molar-refractivity contribution in [1.29, 1.82) is 0 Å². The van der Waals surface area contributed by atoms with Crippen molar-refractivity contribution in [2.45, 2.75) is 38.4 Å². The summed E-state index contributed by atoms with van der Waals surface area (Å²) < 4.78 is 51.2. The van der Waals surface area contributed by atoms with Crippen molar-refractivity contribution in [2.75, 3.05) is 88.9 Å². The number of aromatic nitrogens is 5. The molecule has 0 bridgehead atoms. The van der Waals surface area contributed by atoms with Crippen molar-refractivity contribution in [2.24, 2.45) is 0 Å². The topological polar surface area (TPSA) is 117 Å². The predicted molar refractivity (Wildman–Crippen MR) is 193 cm³/mol. The Morgan fingerprint density at radius 2 is 1.68 bits per heavy atom. The molecule has 2 N–H and O–H groups in total. The normalized spacial score (nSPS) is 16.6. The number of anilines is 5. The molecular formula is C34H44F3N10O2P. The van der Waals surface area contributed by atoms with Gasteiger partial charge in [0.25, 0.3) is 0 Å². The van der Waals surface area contributed by atoms with Crippen LogP contribution in [0.3, 0.4) is 0 Å². The predicted octanol–water partition coefficient (Wildman–Crippen LogP) is 5.40. The van der Waals surface area contributed by atoms with E-state index in [0.717, 1.165) is 79.7 Å². The molecule has 1 aromatic carbocycles. The van der Waals surface area contributed by atoms with Gasteiger partial charge in [0.15, 0.2) is 18.2 Å². The minimum atomic E-state index is -4.54. The molecule has 16 heteroatoms. The molecule has 0 spiro atoms. The van der Waals surface area contributed by atoms with Gasteiger partial charge in [-0.05, 0) is 63.4 Å². The SMILES string of the molecule is CCc1cc(Nc2ncc(OC)c(Nc3ccc4nccnc4c3P(C)C)n2)c(OCC(F)(F)F)nc1N1CCC(N2CCN(C)CC2)CC1. The fourth-order valence-electron chi connectivity index (χ4n) is 6.54. The first-order chi connectivity index (χ1) is 24.0. The molecule has 0 aliphatic carbocycles. The molecule has 0 saturated carbocycles. The number of ether oxygens (including phenoxy) is 2. The van der Waals surface area contributed by atoms with Gasteiger partial charge in [-0.25, -0.2) is 4.98 Å². The van der Waals surface area contributed by atoms with E-state index in [-0.39, 0.29) is 17.5 Å². The lowest BCUT2D eigenvalue weighted by atomic mass is 10.0. The van der Waals surface area contributed by atoms with Crippen LogP contribution in [0.25, 0.3) is 11.0 Å². The van der Waals surface area contributed by atoms with Crippen molar-refractivity contribution in [3.8, 4) is 11.6 Å². The molecule has 50 heavy (non-hydrogen) atoms. The molecule has 268 valence electrons. The Morgan fingerprint density at radius 1 is 0.940 bits per heavy atom. The van der Waals surface area contributed by atoms with Gasteiger partial charge < -0.3 is 29.9 Å². The molecule has 0 amide bonds. The van der Waals surface area contributed by atoms with Crippen LogP contribution in [-0.4, -0.2) is 120 Å². The number of hydrogen-bond acceptors (Lipinski definition) is 12. The number of piperidine rings is 1. The Hall–Kier alpha value is -4.07. The zero-order chi connectivity index (χ0) is 35.4. The molecule has 2 aliphatic rings. The van der Waals surface area contributed by atoms with Crippen LogP contribution in [-0.2, 0) is 6.42 Å². The van der Waals surface area contributed by atoms with Gasteiger partial charge in [-0.2, -0.15) is 23.1 Å². The minimum Gasteiger partial charge on any atom is -0.491 e. The number of likely N-dealkylation sites (N-methyl/N-ethyl adjacent to an activating group) is 1. The van der Waals surface area contributed by atoms with Crippen LogP contribution in [0, 0.1) is 0 Å². The van der Waals surface area contributed by atoms with Gasteiger partial charge in [0, 0.05) is 68.7 Å². The van der Waals surface area contributed by atoms with E-state index in [0.29, 0.717) is 29.8 Å². The molecule has 2 aliphatic heterocycles. The summed E-state index contributed by atoms with van der Waals surface area (Å²) in [6, 6.07) is 6.10. The Labute approximate surface area is 291 Å². The van der Waals surface area contributed by atoms with E-state index < -0.39 is 20.7 Å². The zero-order valence-electron chi connectivity index (χ0n) is 29.1. The molecule has 0 radical (unpaired) electrons. The van der Waals surface area contributed by atoms with Gasteiger partial charge in [0.2, 0.25) is 11.8 Å². The molecule has 2 fully saturated rings. The molecule has 12 nitrogen and oxygen atoms in total. The summed E-state index contributed by atoms with van der Waals surface area (Å²) in [6.45, 7) is 10.5. The number of rotatable bonds is 11. The Morgan fingerprint density at radius 3 is 2.36 bits per heavy atom. The van der Waals surface area contributed by atoms with Crippen LogP contribution in [0.2, 0.25) is 0 Å². The van der Waals surface area contributed by atoms with Crippen LogP contribution >= 0.6 is 7.92 Å². The number of alkyl halides is 3. The third-order valence-corrected chi connectivity index (χ3v) is 10.5. The van der Waals surface area contributed by atoms with Crippen LogP contribution in [0.5, 0.6) is 11.6 Å². The van der Waals surface area contributed by atoms with E-state index in [1.54, 1.807) is 18.5 Å². The summed E-state index contributed by atoms with van der Waals surface area (Å²) >= 11 is 0. The highest BCUT2D eigenvalue weighted by molar-refractivity contribution is 7.65. The fraction of sp³-hybridized carbons (Fsp3) is 0.500. The van der Waals surface area contributed by atoms with Gasteiger partial charge in [-0.15, -0.1) is 0 Å². The van der Waals surface area contributed by atoms with Gasteiger partial charge in [-0.3, -0.25) is 14.9 Å². The number of pyridine rings is 1. The maximum Gasteiger partial charge on any atom is 0.422 e. The molecule has 2 saturated heterocycles. The molecular weight excluding hydrogens is 668 g/mol. The summed E-state index contributed by atoms with van der Waals surface area (Å²) in [7, 11) is 3.06. The number of fused-ring (bicyclic) bond motifs is 1. The summed E-state index contributed by atoms with van der Waals surface area (Å²) in [6.07, 6.45) is 2.84. The quantitative estimate of drug-likeness (QED) is 0.194. The van der Waals surface area contributed by atoms with E-state index >= 15 is 0 Å². The number of nitrogens with one attached hydrogen (secondary N) is 2. The maximum atomic E-state index is 13.4. The van der Waals surface area contributed by atoms with E-state index in [4.69, 9.17) is 14.5 Å². The number of aryl methyl sites for hydroxylation is 1. The second-order valence-corrected chi connectivity index (χ2v) is 15.0. The van der Waals surface area contributed by atoms with E-state index in [1.165, 1.54) is 13.3 Å². The zero-order valence-corrected chi connectivity index (χ0v) is 30.0. The third-order valence-electron chi connectivity index (χ3n) is 9.15. The third kappa shape index (κ3) is 8.27. The van der Waals surface area contributed by atoms with E-state index in [1.807, 2.05) is 19.1 Å². The number of benzene rings is 1. The Balaban J connectivity index is 1.28. The second-order valence-electron chi connectivity index (χ2n) is 12.8. The molecule has 3 aromatic heterocycles. The van der Waals surface area contributed by atoms with E-state index in [2.05, 4.69) is 65.6 Å². The standard InChI is InChI=1S/C34H44F3N10O2P/c1-6-22-19-26(32(49-21-34(35,36)37)44-31(22)47-13-9-23(10-14-47)46-17-15-45(2)16-18-46)42-33-40-20-27(48-3)30(43-33)41-25-8-7-24-28(29(25)50(4)5)39-12-11-38-24/h7-8,11-12,19-20,23H,6,9-10,13-18,21H2,1-5H3,(H2,40,41,42,43). The first kappa shape index (κ1) is 35.7. The van der Waals surface area contributed by atoms with Crippen LogP contribution in [0.15, 0.2) is 36.8 Å². The lowest BCUT2D eigenvalue weighted by molar-refractivity contribution is -0.153. The fourth-order valence-corrected chi connectivity index (χ4v) is 7.74. The second kappa shape index (κ2) is 15.4. The van der Waals surface area contributed by atoms with Crippen molar-refractivity contribution in [1.82, 2.24) is 34.7 Å². The highest BCUT2D eigenvalue weighted by atomic mass is 31.1. The number of halogens is 3. The van der Waals surface area contributed by atoms with Crippen LogP contribution in [0.4, 0.5) is 42.1 Å². The monoisotopic (exact) mass is 712 g/mol. The van der Waals surface area contributed by atoms with Gasteiger partial charge in [-0.1, -0.05) is 14.8 Å². The number of piperazine rings is 1. The Kier molecular flexibility index (Phi) is 11.0. The number of nitrogens with zero attached hydrogens (tertiary/aromatic N) is 8. The van der Waals surface area contributed by atoms with Gasteiger partial charge >= 0.3 is 6.18 Å². The highest BCUT2D eigenvalue weighted by Crippen LogP contribution is 2.37. The number of hydrogen-bond donors (Lipinski definition) is 2. The number of methoxy groups -OCH3 is 1. The lowest BCUT2D eigenvalue weighted by Gasteiger charge is -2.42. The van der Waals surface area contributed by atoms with Gasteiger partial charge in [0.05, 0.1) is 24.3 Å². The summed E-state index contributed by atoms with van der Waals surface area (Å²) in [5.74, 6) is 1.36.